The van der Waals surface area contributed by atoms with Crippen LogP contribution in [-0.2, 0) is 4.79 Å². The van der Waals surface area contributed by atoms with Crippen LogP contribution in [0.25, 0.3) is 0 Å². The second-order valence-corrected chi connectivity index (χ2v) is 6.42. The normalized spacial score (nSPS) is 18.4. The van der Waals surface area contributed by atoms with Crippen molar-refractivity contribution in [1.29, 1.82) is 0 Å². The molecule has 3 nitrogen and oxygen atoms in total. The Bertz CT molecular complexity index is 844. The van der Waals surface area contributed by atoms with E-state index >= 15 is 0 Å². The minimum Gasteiger partial charge on any atom is -0.356 e. The Morgan fingerprint density at radius 2 is 1.28 bits per heavy atom. The Hall–Kier alpha value is -3.07. The van der Waals surface area contributed by atoms with Crippen LogP contribution in [0, 0.1) is 5.92 Å². The largest absolute Gasteiger partial charge is 0.356 e. The van der Waals surface area contributed by atoms with Crippen LogP contribution >= 0.6 is 0 Å². The summed E-state index contributed by atoms with van der Waals surface area (Å²) in [6.45, 7) is 0. The second kappa shape index (κ2) is 6.81. The zero-order valence-electron chi connectivity index (χ0n) is 13.9. The monoisotopic (exact) mass is 328 g/mol. The number of nitrogens with one attached hydrogen (secondary N) is 2. The van der Waals surface area contributed by atoms with Crippen LogP contribution in [0.5, 0.6) is 0 Å². The lowest BCUT2D eigenvalue weighted by Gasteiger charge is -2.09. The highest BCUT2D eigenvalue weighted by atomic mass is 16.2. The maximum atomic E-state index is 12.4. The van der Waals surface area contributed by atoms with Gasteiger partial charge in [0.25, 0.3) is 0 Å². The fraction of sp³-hybridized carbons (Fsp3) is 0.136. The number of rotatable bonds is 5. The first-order valence-electron chi connectivity index (χ1n) is 8.57. The zero-order chi connectivity index (χ0) is 17.1. The molecule has 0 aromatic heterocycles. The summed E-state index contributed by atoms with van der Waals surface area (Å²) in [5, 5.41) is 6.36. The lowest BCUT2D eigenvalue weighted by atomic mass is 10.1. The van der Waals surface area contributed by atoms with E-state index in [0.717, 1.165) is 23.5 Å². The lowest BCUT2D eigenvalue weighted by Crippen LogP contribution is -2.14. The van der Waals surface area contributed by atoms with E-state index in [1.165, 1.54) is 5.56 Å². The van der Waals surface area contributed by atoms with Gasteiger partial charge in [-0.2, -0.15) is 0 Å². The topological polar surface area (TPSA) is 41.1 Å². The predicted octanol–water partition coefficient (Wildman–Crippen LogP) is 5.17. The molecule has 3 aromatic carbocycles. The van der Waals surface area contributed by atoms with Crippen LogP contribution in [0.2, 0.25) is 0 Å². The van der Waals surface area contributed by atoms with E-state index in [1.54, 1.807) is 0 Å². The van der Waals surface area contributed by atoms with Gasteiger partial charge in [-0.05, 0) is 54.3 Å². The third-order valence-corrected chi connectivity index (χ3v) is 4.57. The highest BCUT2D eigenvalue weighted by Gasteiger charge is 2.43. The highest BCUT2D eigenvalue weighted by molar-refractivity contribution is 5.95. The first-order valence-corrected chi connectivity index (χ1v) is 8.57. The molecule has 1 aliphatic carbocycles. The van der Waals surface area contributed by atoms with Crippen molar-refractivity contribution in [2.24, 2.45) is 5.92 Å². The number of para-hydroxylation sites is 1. The van der Waals surface area contributed by atoms with E-state index in [-0.39, 0.29) is 11.8 Å². The molecule has 2 N–H and O–H groups in total. The van der Waals surface area contributed by atoms with Crippen molar-refractivity contribution in [3.8, 4) is 0 Å². The molecule has 0 bridgehead atoms. The van der Waals surface area contributed by atoms with Gasteiger partial charge in [0.2, 0.25) is 5.91 Å². The summed E-state index contributed by atoms with van der Waals surface area (Å²) < 4.78 is 0. The fourth-order valence-corrected chi connectivity index (χ4v) is 3.11. The average Bonchev–Trinajstić information content (AvgIpc) is 3.46. The van der Waals surface area contributed by atoms with Crippen LogP contribution in [0.1, 0.15) is 17.9 Å². The van der Waals surface area contributed by atoms with Crippen LogP contribution in [0.3, 0.4) is 0 Å². The number of carbonyl (C=O) groups is 1. The molecule has 1 fully saturated rings. The van der Waals surface area contributed by atoms with E-state index in [0.29, 0.717) is 5.92 Å². The molecule has 0 spiro atoms. The summed E-state index contributed by atoms with van der Waals surface area (Å²) in [6, 6.07) is 28.1. The predicted molar refractivity (Wildman–Crippen MR) is 102 cm³/mol. The third-order valence-electron chi connectivity index (χ3n) is 4.57. The number of benzene rings is 3. The summed E-state index contributed by atoms with van der Waals surface area (Å²) in [6.07, 6.45) is 0.934. The molecule has 124 valence electrons. The molecule has 2 atom stereocenters. The zero-order valence-corrected chi connectivity index (χ0v) is 13.9. The summed E-state index contributed by atoms with van der Waals surface area (Å²) in [7, 11) is 0. The maximum Gasteiger partial charge on any atom is 0.228 e. The SMILES string of the molecule is O=C(Nc1ccc(Nc2ccccc2)cc1)[C@H]1C[C@@H]1c1ccccc1. The van der Waals surface area contributed by atoms with Crippen molar-refractivity contribution in [2.75, 3.05) is 10.6 Å². The number of amides is 1. The summed E-state index contributed by atoms with van der Waals surface area (Å²) >= 11 is 0. The van der Waals surface area contributed by atoms with E-state index < -0.39 is 0 Å². The molecule has 3 aromatic rings. The Balaban J connectivity index is 1.35. The molecular weight excluding hydrogens is 308 g/mol. The van der Waals surface area contributed by atoms with Crippen LogP contribution < -0.4 is 10.6 Å². The van der Waals surface area contributed by atoms with E-state index in [4.69, 9.17) is 0 Å². The molecule has 25 heavy (non-hydrogen) atoms. The van der Waals surface area contributed by atoms with Gasteiger partial charge in [0.15, 0.2) is 0 Å². The summed E-state index contributed by atoms with van der Waals surface area (Å²) in [5.41, 5.74) is 4.13. The van der Waals surface area contributed by atoms with E-state index in [2.05, 4.69) is 22.8 Å². The van der Waals surface area contributed by atoms with Crippen LogP contribution in [0.4, 0.5) is 17.1 Å². The molecule has 0 saturated heterocycles. The Labute approximate surface area is 147 Å². The molecule has 0 aliphatic heterocycles. The Kier molecular flexibility index (Phi) is 4.21. The van der Waals surface area contributed by atoms with Crippen molar-refractivity contribution in [3.05, 3.63) is 90.5 Å². The molecule has 0 radical (unpaired) electrons. The molecule has 3 heteroatoms. The van der Waals surface area contributed by atoms with Gasteiger partial charge >= 0.3 is 0 Å². The van der Waals surface area contributed by atoms with Crippen LogP contribution in [-0.4, -0.2) is 5.91 Å². The quantitative estimate of drug-likeness (QED) is 0.678. The van der Waals surface area contributed by atoms with Gasteiger partial charge in [-0.3, -0.25) is 4.79 Å². The van der Waals surface area contributed by atoms with Gasteiger partial charge in [-0.15, -0.1) is 0 Å². The van der Waals surface area contributed by atoms with Crippen LogP contribution in [0.15, 0.2) is 84.9 Å². The molecule has 1 amide bonds. The fourth-order valence-electron chi connectivity index (χ4n) is 3.11. The number of anilines is 3. The van der Waals surface area contributed by atoms with Crippen molar-refractivity contribution < 1.29 is 4.79 Å². The highest BCUT2D eigenvalue weighted by Crippen LogP contribution is 2.47. The standard InChI is InChI=1S/C22H20N2O/c25-22(21-15-20(21)16-7-3-1-4-8-16)24-19-13-11-18(12-14-19)23-17-9-5-2-6-10-17/h1-14,20-21,23H,15H2,(H,24,25)/t20-,21+/m1/s1. The van der Waals surface area contributed by atoms with E-state index in [1.807, 2.05) is 72.8 Å². The first kappa shape index (κ1) is 15.5. The molecule has 0 heterocycles. The molecular formula is C22H20N2O. The summed E-state index contributed by atoms with van der Waals surface area (Å²) in [5.74, 6) is 0.558. The average molecular weight is 328 g/mol. The first-order chi connectivity index (χ1) is 12.3. The summed E-state index contributed by atoms with van der Waals surface area (Å²) in [4.78, 5) is 12.4. The van der Waals surface area contributed by atoms with Gasteiger partial charge in [0.05, 0.1) is 0 Å². The lowest BCUT2D eigenvalue weighted by molar-refractivity contribution is -0.117. The Morgan fingerprint density at radius 3 is 1.96 bits per heavy atom. The van der Waals surface area contributed by atoms with Gasteiger partial charge in [0, 0.05) is 23.0 Å². The van der Waals surface area contributed by atoms with Gasteiger partial charge < -0.3 is 10.6 Å². The van der Waals surface area contributed by atoms with Gasteiger partial charge in [-0.25, -0.2) is 0 Å². The van der Waals surface area contributed by atoms with Gasteiger partial charge in [-0.1, -0.05) is 48.5 Å². The number of hydrogen-bond donors (Lipinski definition) is 2. The van der Waals surface area contributed by atoms with Crippen molar-refractivity contribution in [2.45, 2.75) is 12.3 Å². The minimum atomic E-state index is 0.0875. The smallest absolute Gasteiger partial charge is 0.228 e. The van der Waals surface area contributed by atoms with Gasteiger partial charge in [0.1, 0.15) is 0 Å². The van der Waals surface area contributed by atoms with Crippen molar-refractivity contribution in [1.82, 2.24) is 0 Å². The number of hydrogen-bond acceptors (Lipinski definition) is 2. The number of carbonyl (C=O) groups excluding carboxylic acids is 1. The third kappa shape index (κ3) is 3.72. The van der Waals surface area contributed by atoms with Crippen molar-refractivity contribution >= 4 is 23.0 Å². The molecule has 1 saturated carbocycles. The van der Waals surface area contributed by atoms with Crippen molar-refractivity contribution in [3.63, 3.8) is 0 Å². The minimum absolute atomic E-state index is 0.0875. The molecule has 4 rings (SSSR count). The maximum absolute atomic E-state index is 12.4. The molecule has 1 aliphatic rings. The Morgan fingerprint density at radius 1 is 0.720 bits per heavy atom. The molecule has 0 unspecified atom stereocenters. The van der Waals surface area contributed by atoms with E-state index in [9.17, 15) is 4.79 Å². The second-order valence-electron chi connectivity index (χ2n) is 6.42.